The predicted molar refractivity (Wildman–Crippen MR) is 77.4 cm³/mol. The summed E-state index contributed by atoms with van der Waals surface area (Å²) in [5.74, 6) is 1.99. The van der Waals surface area contributed by atoms with Crippen molar-refractivity contribution in [3.05, 3.63) is 28.2 Å². The first kappa shape index (κ1) is 13.5. The standard InChI is InChI=1S/C13H17Cl2NS/c1-9(10-2-3-10)16-6-7-17-11-4-5-12(14)13(15)8-11/h4-5,8-10,16H,2-3,6-7H2,1H3. The predicted octanol–water partition coefficient (Wildman–Crippen LogP) is 4.47. The summed E-state index contributed by atoms with van der Waals surface area (Å²) < 4.78 is 0. The molecule has 1 N–H and O–H groups in total. The van der Waals surface area contributed by atoms with E-state index in [2.05, 4.69) is 12.2 Å². The maximum absolute atomic E-state index is 5.97. The molecule has 1 saturated carbocycles. The van der Waals surface area contributed by atoms with Crippen LogP contribution >= 0.6 is 35.0 Å². The molecule has 94 valence electrons. The second kappa shape index (κ2) is 6.33. The largest absolute Gasteiger partial charge is 0.313 e. The molecule has 0 bridgehead atoms. The van der Waals surface area contributed by atoms with Crippen LogP contribution < -0.4 is 5.32 Å². The molecule has 1 atom stereocenters. The summed E-state index contributed by atoms with van der Waals surface area (Å²) in [5.41, 5.74) is 0. The van der Waals surface area contributed by atoms with E-state index in [1.165, 1.54) is 17.7 Å². The molecule has 17 heavy (non-hydrogen) atoms. The zero-order valence-corrected chi connectivity index (χ0v) is 12.2. The van der Waals surface area contributed by atoms with Crippen molar-refractivity contribution in [1.82, 2.24) is 5.32 Å². The Morgan fingerprint density at radius 2 is 2.12 bits per heavy atom. The Bertz CT molecular complexity index is 380. The van der Waals surface area contributed by atoms with E-state index in [1.807, 2.05) is 30.0 Å². The number of hydrogen-bond donors (Lipinski definition) is 1. The van der Waals surface area contributed by atoms with Crippen LogP contribution in [0.15, 0.2) is 23.1 Å². The number of halogens is 2. The molecule has 0 spiro atoms. The fourth-order valence-corrected chi connectivity index (χ4v) is 2.97. The molecule has 4 heteroatoms. The summed E-state index contributed by atoms with van der Waals surface area (Å²) >= 11 is 13.6. The van der Waals surface area contributed by atoms with Gasteiger partial charge < -0.3 is 5.32 Å². The molecule has 1 fully saturated rings. The van der Waals surface area contributed by atoms with Gasteiger partial charge in [-0.2, -0.15) is 0 Å². The number of benzene rings is 1. The molecule has 2 rings (SSSR count). The normalized spacial score (nSPS) is 17.1. The van der Waals surface area contributed by atoms with E-state index >= 15 is 0 Å². The molecule has 1 nitrogen and oxygen atoms in total. The second-order valence-corrected chi connectivity index (χ2v) is 6.49. The van der Waals surface area contributed by atoms with Gasteiger partial charge in [0.2, 0.25) is 0 Å². The Kier molecular flexibility index (Phi) is 5.04. The summed E-state index contributed by atoms with van der Waals surface area (Å²) in [5, 5.41) is 4.82. The highest BCUT2D eigenvalue weighted by molar-refractivity contribution is 7.99. The molecule has 0 aromatic heterocycles. The molecule has 1 aromatic carbocycles. The number of thioether (sulfide) groups is 1. The average Bonchev–Trinajstić information content (AvgIpc) is 3.13. The van der Waals surface area contributed by atoms with Crippen LogP contribution in [0.25, 0.3) is 0 Å². The third-order valence-corrected chi connectivity index (χ3v) is 4.79. The van der Waals surface area contributed by atoms with Crippen molar-refractivity contribution in [2.75, 3.05) is 12.3 Å². The maximum Gasteiger partial charge on any atom is 0.0603 e. The van der Waals surface area contributed by atoms with Crippen molar-refractivity contribution < 1.29 is 0 Å². The highest BCUT2D eigenvalue weighted by Gasteiger charge is 2.27. The first-order valence-corrected chi connectivity index (χ1v) is 7.72. The molecule has 1 aliphatic rings. The van der Waals surface area contributed by atoms with Crippen LogP contribution in [-0.4, -0.2) is 18.3 Å². The molecular formula is C13H17Cl2NS. The SMILES string of the molecule is CC(NCCSc1ccc(Cl)c(Cl)c1)C1CC1. The molecule has 0 aliphatic heterocycles. The van der Waals surface area contributed by atoms with Crippen LogP contribution in [-0.2, 0) is 0 Å². The first-order valence-electron chi connectivity index (χ1n) is 5.98. The topological polar surface area (TPSA) is 12.0 Å². The maximum atomic E-state index is 5.97. The lowest BCUT2D eigenvalue weighted by atomic mass is 10.2. The van der Waals surface area contributed by atoms with Crippen LogP contribution in [0.1, 0.15) is 19.8 Å². The van der Waals surface area contributed by atoms with Crippen LogP contribution in [0.5, 0.6) is 0 Å². The first-order chi connectivity index (χ1) is 8.16. The number of rotatable bonds is 6. The van der Waals surface area contributed by atoms with Gasteiger partial charge in [0.05, 0.1) is 10.0 Å². The highest BCUT2D eigenvalue weighted by Crippen LogP contribution is 2.32. The third kappa shape index (κ3) is 4.36. The molecule has 0 radical (unpaired) electrons. The van der Waals surface area contributed by atoms with E-state index in [9.17, 15) is 0 Å². The van der Waals surface area contributed by atoms with E-state index in [4.69, 9.17) is 23.2 Å². The molecule has 1 aliphatic carbocycles. The minimum absolute atomic E-state index is 0.622. The quantitative estimate of drug-likeness (QED) is 0.612. The van der Waals surface area contributed by atoms with Gasteiger partial charge in [0.1, 0.15) is 0 Å². The van der Waals surface area contributed by atoms with Gasteiger partial charge in [-0.3, -0.25) is 0 Å². The minimum Gasteiger partial charge on any atom is -0.313 e. The van der Waals surface area contributed by atoms with Gasteiger partial charge in [-0.25, -0.2) is 0 Å². The molecular weight excluding hydrogens is 273 g/mol. The van der Waals surface area contributed by atoms with E-state index in [0.29, 0.717) is 16.1 Å². The zero-order chi connectivity index (χ0) is 12.3. The number of nitrogens with one attached hydrogen (secondary N) is 1. The van der Waals surface area contributed by atoms with Gasteiger partial charge in [-0.05, 0) is 43.9 Å². The monoisotopic (exact) mass is 289 g/mol. The van der Waals surface area contributed by atoms with E-state index in [1.54, 1.807) is 0 Å². The Balaban J connectivity index is 1.68. The molecule has 1 unspecified atom stereocenters. The molecule has 0 amide bonds. The molecule has 0 saturated heterocycles. The van der Waals surface area contributed by atoms with E-state index in [-0.39, 0.29) is 0 Å². The number of hydrogen-bond acceptors (Lipinski definition) is 2. The van der Waals surface area contributed by atoms with Gasteiger partial charge in [0.25, 0.3) is 0 Å². The Morgan fingerprint density at radius 3 is 2.76 bits per heavy atom. The van der Waals surface area contributed by atoms with Crippen molar-refractivity contribution in [3.8, 4) is 0 Å². The van der Waals surface area contributed by atoms with Gasteiger partial charge in [0, 0.05) is 23.2 Å². The van der Waals surface area contributed by atoms with Crippen molar-refractivity contribution in [1.29, 1.82) is 0 Å². The van der Waals surface area contributed by atoms with Crippen LogP contribution in [0.3, 0.4) is 0 Å². The summed E-state index contributed by atoms with van der Waals surface area (Å²) in [6.07, 6.45) is 2.79. The lowest BCUT2D eigenvalue weighted by Gasteiger charge is -2.12. The molecule has 0 heterocycles. The summed E-state index contributed by atoms with van der Waals surface area (Å²) in [4.78, 5) is 1.18. The van der Waals surface area contributed by atoms with Crippen LogP contribution in [0, 0.1) is 5.92 Å². The third-order valence-electron chi connectivity index (χ3n) is 3.06. The lowest BCUT2D eigenvalue weighted by molar-refractivity contribution is 0.514. The van der Waals surface area contributed by atoms with Crippen molar-refractivity contribution >= 4 is 35.0 Å². The van der Waals surface area contributed by atoms with Gasteiger partial charge in [-0.15, -0.1) is 11.8 Å². The Morgan fingerprint density at radius 1 is 1.35 bits per heavy atom. The Labute approximate surface area is 117 Å². The fraction of sp³-hybridized carbons (Fsp3) is 0.538. The molecule has 1 aromatic rings. The van der Waals surface area contributed by atoms with E-state index in [0.717, 1.165) is 18.2 Å². The van der Waals surface area contributed by atoms with Gasteiger partial charge >= 0.3 is 0 Å². The minimum atomic E-state index is 0.622. The average molecular weight is 290 g/mol. The Hall–Kier alpha value is 0.110. The smallest absolute Gasteiger partial charge is 0.0603 e. The van der Waals surface area contributed by atoms with Crippen LogP contribution in [0.2, 0.25) is 10.0 Å². The second-order valence-electron chi connectivity index (χ2n) is 4.50. The summed E-state index contributed by atoms with van der Waals surface area (Å²) in [6.45, 7) is 3.32. The van der Waals surface area contributed by atoms with Crippen molar-refractivity contribution in [2.45, 2.75) is 30.7 Å². The zero-order valence-electron chi connectivity index (χ0n) is 9.88. The van der Waals surface area contributed by atoms with Crippen molar-refractivity contribution in [3.63, 3.8) is 0 Å². The van der Waals surface area contributed by atoms with Gasteiger partial charge in [0.15, 0.2) is 0 Å². The van der Waals surface area contributed by atoms with E-state index < -0.39 is 0 Å². The lowest BCUT2D eigenvalue weighted by Crippen LogP contribution is -2.29. The van der Waals surface area contributed by atoms with Crippen LogP contribution in [0.4, 0.5) is 0 Å². The van der Waals surface area contributed by atoms with Gasteiger partial charge in [-0.1, -0.05) is 23.2 Å². The highest BCUT2D eigenvalue weighted by atomic mass is 35.5. The summed E-state index contributed by atoms with van der Waals surface area (Å²) in [7, 11) is 0. The van der Waals surface area contributed by atoms with Crippen molar-refractivity contribution in [2.24, 2.45) is 5.92 Å². The fourth-order valence-electron chi connectivity index (χ4n) is 1.79. The summed E-state index contributed by atoms with van der Waals surface area (Å²) in [6, 6.07) is 6.47.